The molecule has 1 aromatic rings. The summed E-state index contributed by atoms with van der Waals surface area (Å²) in [6, 6.07) is 4.95. The van der Waals surface area contributed by atoms with Gasteiger partial charge in [-0.15, -0.1) is 0 Å². The van der Waals surface area contributed by atoms with Crippen LogP contribution < -0.4 is 15.4 Å². The molecule has 0 aliphatic carbocycles. The fourth-order valence-electron chi connectivity index (χ4n) is 2.31. The third-order valence-electron chi connectivity index (χ3n) is 3.29. The summed E-state index contributed by atoms with van der Waals surface area (Å²) >= 11 is 0. The van der Waals surface area contributed by atoms with Crippen molar-refractivity contribution in [3.63, 3.8) is 0 Å². The van der Waals surface area contributed by atoms with Gasteiger partial charge in [0.05, 0.1) is 26.7 Å². The van der Waals surface area contributed by atoms with E-state index in [2.05, 4.69) is 0 Å². The molecule has 0 aliphatic rings. The van der Waals surface area contributed by atoms with Crippen molar-refractivity contribution in [3.8, 4) is 5.75 Å². The molecule has 1 rings (SSSR count). The first-order chi connectivity index (χ1) is 10.5. The van der Waals surface area contributed by atoms with E-state index in [1.807, 2.05) is 17.0 Å². The molecule has 5 N–H and O–H groups in total. The second-order valence-corrected chi connectivity index (χ2v) is 4.99. The Labute approximate surface area is 129 Å². The Morgan fingerprint density at radius 1 is 1.32 bits per heavy atom. The van der Waals surface area contributed by atoms with Crippen LogP contribution >= 0.6 is 0 Å². The number of carbonyl (C=O) groups is 1. The standard InChI is InChI=1S/C15H24N2O5/c1-22-14-3-2-13(17(4-6-18)5-7-19)9-11(14)8-12(16)10-15(20)21/h2-3,9,12,18-19H,4-8,10,16H2,1H3,(H,20,21). The maximum atomic E-state index is 10.7. The predicted octanol–water partition coefficient (Wildman–Crippen LogP) is -0.169. The highest BCUT2D eigenvalue weighted by atomic mass is 16.5. The van der Waals surface area contributed by atoms with Gasteiger partial charge in [0.15, 0.2) is 0 Å². The molecule has 1 unspecified atom stereocenters. The van der Waals surface area contributed by atoms with Gasteiger partial charge in [-0.25, -0.2) is 0 Å². The number of nitrogens with zero attached hydrogens (tertiary/aromatic N) is 1. The number of anilines is 1. The molecule has 0 radical (unpaired) electrons. The molecule has 0 heterocycles. The lowest BCUT2D eigenvalue weighted by molar-refractivity contribution is -0.137. The van der Waals surface area contributed by atoms with Crippen LogP contribution in [0.25, 0.3) is 0 Å². The summed E-state index contributed by atoms with van der Waals surface area (Å²) in [4.78, 5) is 12.6. The number of carboxylic acids is 1. The van der Waals surface area contributed by atoms with Gasteiger partial charge in [0, 0.05) is 24.8 Å². The number of aliphatic hydroxyl groups excluding tert-OH is 2. The number of benzene rings is 1. The van der Waals surface area contributed by atoms with Gasteiger partial charge in [-0.3, -0.25) is 4.79 Å². The van der Waals surface area contributed by atoms with Gasteiger partial charge in [-0.1, -0.05) is 0 Å². The molecule has 0 spiro atoms. The molecule has 0 amide bonds. The number of methoxy groups -OCH3 is 1. The van der Waals surface area contributed by atoms with Crippen LogP contribution in [-0.4, -0.2) is 60.7 Å². The van der Waals surface area contributed by atoms with Crippen LogP contribution in [-0.2, 0) is 11.2 Å². The molecule has 0 aromatic heterocycles. The fourth-order valence-corrected chi connectivity index (χ4v) is 2.31. The number of rotatable bonds is 10. The lowest BCUT2D eigenvalue weighted by atomic mass is 10.0. The third-order valence-corrected chi connectivity index (χ3v) is 3.29. The lowest BCUT2D eigenvalue weighted by Gasteiger charge is -2.24. The minimum atomic E-state index is -0.940. The van der Waals surface area contributed by atoms with Crippen molar-refractivity contribution >= 4 is 11.7 Å². The Bertz CT molecular complexity index is 475. The van der Waals surface area contributed by atoms with Crippen LogP contribution in [0.4, 0.5) is 5.69 Å². The van der Waals surface area contributed by atoms with Crippen LogP contribution in [0.15, 0.2) is 18.2 Å². The molecular formula is C15H24N2O5. The molecule has 0 bridgehead atoms. The number of hydrogen-bond acceptors (Lipinski definition) is 6. The highest BCUT2D eigenvalue weighted by Gasteiger charge is 2.14. The number of aliphatic hydroxyl groups is 2. The van der Waals surface area contributed by atoms with Gasteiger partial charge in [-0.05, 0) is 30.2 Å². The van der Waals surface area contributed by atoms with E-state index in [4.69, 9.17) is 25.8 Å². The number of carboxylic acid groups (broad SMARTS) is 1. The maximum Gasteiger partial charge on any atom is 0.304 e. The SMILES string of the molecule is COc1ccc(N(CCO)CCO)cc1CC(N)CC(=O)O. The van der Waals surface area contributed by atoms with Gasteiger partial charge >= 0.3 is 5.97 Å². The molecule has 7 nitrogen and oxygen atoms in total. The van der Waals surface area contributed by atoms with Crippen LogP contribution in [0.2, 0.25) is 0 Å². The second-order valence-electron chi connectivity index (χ2n) is 4.99. The molecular weight excluding hydrogens is 288 g/mol. The van der Waals surface area contributed by atoms with Gasteiger partial charge in [0.25, 0.3) is 0 Å². The zero-order valence-electron chi connectivity index (χ0n) is 12.7. The van der Waals surface area contributed by atoms with Crippen LogP contribution in [0.1, 0.15) is 12.0 Å². The number of nitrogens with two attached hydrogens (primary N) is 1. The van der Waals surface area contributed by atoms with Crippen LogP contribution in [0.5, 0.6) is 5.75 Å². The van der Waals surface area contributed by atoms with E-state index < -0.39 is 12.0 Å². The highest BCUT2D eigenvalue weighted by molar-refractivity contribution is 5.67. The molecule has 22 heavy (non-hydrogen) atoms. The number of hydrogen-bond donors (Lipinski definition) is 4. The molecule has 7 heteroatoms. The van der Waals surface area contributed by atoms with E-state index in [0.717, 1.165) is 11.3 Å². The van der Waals surface area contributed by atoms with E-state index >= 15 is 0 Å². The highest BCUT2D eigenvalue weighted by Crippen LogP contribution is 2.26. The van der Waals surface area contributed by atoms with E-state index in [1.54, 1.807) is 13.2 Å². The van der Waals surface area contributed by atoms with E-state index in [-0.39, 0.29) is 19.6 Å². The molecule has 1 aromatic carbocycles. The summed E-state index contributed by atoms with van der Waals surface area (Å²) in [5.41, 5.74) is 7.47. The molecule has 1 atom stereocenters. The molecule has 0 saturated carbocycles. The average molecular weight is 312 g/mol. The smallest absolute Gasteiger partial charge is 0.304 e. The first-order valence-corrected chi connectivity index (χ1v) is 7.12. The number of aliphatic carboxylic acids is 1. The lowest BCUT2D eigenvalue weighted by Crippen LogP contribution is -2.30. The minimum Gasteiger partial charge on any atom is -0.496 e. The monoisotopic (exact) mass is 312 g/mol. The quantitative estimate of drug-likeness (QED) is 0.474. The van der Waals surface area contributed by atoms with Crippen molar-refractivity contribution in [2.45, 2.75) is 18.9 Å². The first-order valence-electron chi connectivity index (χ1n) is 7.12. The first kappa shape index (κ1) is 18.2. The normalized spacial score (nSPS) is 12.0. The Kier molecular flexibility index (Phi) is 7.65. The van der Waals surface area contributed by atoms with Gasteiger partial charge < -0.3 is 30.7 Å². The van der Waals surface area contributed by atoms with E-state index in [1.165, 1.54) is 0 Å². The topological polar surface area (TPSA) is 116 Å². The van der Waals surface area contributed by atoms with Crippen molar-refractivity contribution in [2.24, 2.45) is 5.73 Å². The average Bonchev–Trinajstić information content (AvgIpc) is 2.46. The maximum absolute atomic E-state index is 10.7. The van der Waals surface area contributed by atoms with Crippen LogP contribution in [0, 0.1) is 0 Å². The van der Waals surface area contributed by atoms with Crippen LogP contribution in [0.3, 0.4) is 0 Å². The van der Waals surface area contributed by atoms with Crippen molar-refractivity contribution in [1.82, 2.24) is 0 Å². The van der Waals surface area contributed by atoms with Crippen molar-refractivity contribution < 1.29 is 24.9 Å². The summed E-state index contributed by atoms with van der Waals surface area (Å²) < 4.78 is 5.29. The molecule has 0 fully saturated rings. The summed E-state index contributed by atoms with van der Waals surface area (Å²) in [6.45, 7) is 0.737. The molecule has 0 aliphatic heterocycles. The number of ether oxygens (including phenoxy) is 1. The molecule has 0 saturated heterocycles. The summed E-state index contributed by atoms with van der Waals surface area (Å²) in [5.74, 6) is -0.303. The predicted molar refractivity (Wildman–Crippen MR) is 83.3 cm³/mol. The second kappa shape index (κ2) is 9.24. The summed E-state index contributed by atoms with van der Waals surface area (Å²) in [7, 11) is 1.54. The summed E-state index contributed by atoms with van der Waals surface area (Å²) in [5, 5.41) is 27.0. The largest absolute Gasteiger partial charge is 0.496 e. The Hall–Kier alpha value is -1.83. The molecule has 124 valence electrons. The van der Waals surface area contributed by atoms with E-state index in [9.17, 15) is 4.79 Å². The van der Waals surface area contributed by atoms with Gasteiger partial charge in [0.2, 0.25) is 0 Å². The van der Waals surface area contributed by atoms with Crippen molar-refractivity contribution in [1.29, 1.82) is 0 Å². The fraction of sp³-hybridized carbons (Fsp3) is 0.533. The zero-order chi connectivity index (χ0) is 16.5. The van der Waals surface area contributed by atoms with Gasteiger partial charge in [0.1, 0.15) is 5.75 Å². The van der Waals surface area contributed by atoms with Crippen molar-refractivity contribution in [2.75, 3.05) is 38.3 Å². The minimum absolute atomic E-state index is 0.0279. The van der Waals surface area contributed by atoms with Crippen molar-refractivity contribution in [3.05, 3.63) is 23.8 Å². The zero-order valence-corrected chi connectivity index (χ0v) is 12.7. The Balaban J connectivity index is 2.98. The Morgan fingerprint density at radius 3 is 2.45 bits per heavy atom. The Morgan fingerprint density at radius 2 is 1.95 bits per heavy atom. The van der Waals surface area contributed by atoms with Gasteiger partial charge in [-0.2, -0.15) is 0 Å². The summed E-state index contributed by atoms with van der Waals surface area (Å²) in [6.07, 6.45) is 0.250. The van der Waals surface area contributed by atoms with E-state index in [0.29, 0.717) is 25.3 Å². The third kappa shape index (κ3) is 5.51.